The number of ether oxygens (including phenoxy) is 1. The van der Waals surface area contributed by atoms with Crippen molar-refractivity contribution in [3.63, 3.8) is 0 Å². The summed E-state index contributed by atoms with van der Waals surface area (Å²) in [7, 11) is 0. The molecule has 0 amide bonds. The van der Waals surface area contributed by atoms with Crippen molar-refractivity contribution in [2.45, 2.75) is 26.5 Å². The van der Waals surface area contributed by atoms with Gasteiger partial charge in [0.25, 0.3) is 0 Å². The topological polar surface area (TPSA) is 34.1 Å². The van der Waals surface area contributed by atoms with Crippen LogP contribution >= 0.6 is 0 Å². The Balaban J connectivity index is 1.63. The Morgan fingerprint density at radius 2 is 1.60 bits per heavy atom. The molecule has 2 aromatic carbocycles. The highest BCUT2D eigenvalue weighted by molar-refractivity contribution is 5.36. The summed E-state index contributed by atoms with van der Waals surface area (Å²) in [6, 6.07) is 24.5. The maximum Gasteiger partial charge on any atom is 0.126 e. The van der Waals surface area contributed by atoms with Gasteiger partial charge in [-0.2, -0.15) is 0 Å². The van der Waals surface area contributed by atoms with Crippen LogP contribution in [0.1, 0.15) is 31.1 Å². The van der Waals surface area contributed by atoms with E-state index in [0.717, 1.165) is 18.1 Å². The zero-order valence-electron chi connectivity index (χ0n) is 14.7. The molecule has 1 aromatic heterocycles. The first-order valence-electron chi connectivity index (χ1n) is 8.68. The number of anilines is 1. The molecule has 128 valence electrons. The number of aromatic nitrogens is 1. The Hall–Kier alpha value is -2.81. The Kier molecular flexibility index (Phi) is 5.68. The number of benzene rings is 2. The van der Waals surface area contributed by atoms with E-state index in [9.17, 15) is 0 Å². The van der Waals surface area contributed by atoms with Gasteiger partial charge in [0, 0.05) is 12.7 Å². The second-order valence-electron chi connectivity index (χ2n) is 6.41. The van der Waals surface area contributed by atoms with Crippen molar-refractivity contribution in [3.05, 3.63) is 90.1 Å². The van der Waals surface area contributed by atoms with E-state index in [1.807, 2.05) is 36.4 Å². The van der Waals surface area contributed by atoms with Gasteiger partial charge in [-0.25, -0.2) is 4.98 Å². The lowest BCUT2D eigenvalue weighted by Crippen LogP contribution is -2.14. The molecule has 0 aliphatic rings. The fourth-order valence-corrected chi connectivity index (χ4v) is 2.72. The SMILES string of the molecule is CC(C)C(Oc1ccc(CNc2ccccn2)cc1)c1ccccc1. The van der Waals surface area contributed by atoms with Crippen molar-refractivity contribution in [2.75, 3.05) is 5.32 Å². The lowest BCUT2D eigenvalue weighted by Gasteiger charge is -2.23. The van der Waals surface area contributed by atoms with Gasteiger partial charge in [0.2, 0.25) is 0 Å². The minimum absolute atomic E-state index is 0.0543. The number of hydrogen-bond donors (Lipinski definition) is 1. The van der Waals surface area contributed by atoms with Crippen LogP contribution in [0.4, 0.5) is 5.82 Å². The first-order valence-corrected chi connectivity index (χ1v) is 8.68. The number of hydrogen-bond acceptors (Lipinski definition) is 3. The van der Waals surface area contributed by atoms with E-state index >= 15 is 0 Å². The van der Waals surface area contributed by atoms with Gasteiger partial charge in [-0.1, -0.05) is 62.4 Å². The van der Waals surface area contributed by atoms with Gasteiger partial charge in [-0.3, -0.25) is 0 Å². The molecule has 1 N–H and O–H groups in total. The second kappa shape index (κ2) is 8.34. The molecule has 0 radical (unpaired) electrons. The maximum atomic E-state index is 6.25. The third-order valence-electron chi connectivity index (χ3n) is 4.06. The summed E-state index contributed by atoms with van der Waals surface area (Å²) in [5.41, 5.74) is 2.40. The molecule has 25 heavy (non-hydrogen) atoms. The molecule has 0 aliphatic carbocycles. The van der Waals surface area contributed by atoms with Gasteiger partial charge in [-0.15, -0.1) is 0 Å². The predicted molar refractivity (Wildman–Crippen MR) is 103 cm³/mol. The number of nitrogens with zero attached hydrogens (tertiary/aromatic N) is 1. The van der Waals surface area contributed by atoms with Gasteiger partial charge >= 0.3 is 0 Å². The van der Waals surface area contributed by atoms with E-state index in [1.54, 1.807) is 6.20 Å². The molecule has 0 aliphatic heterocycles. The van der Waals surface area contributed by atoms with Gasteiger partial charge in [0.05, 0.1) is 0 Å². The van der Waals surface area contributed by atoms with Gasteiger partial charge in [0.15, 0.2) is 0 Å². The van der Waals surface area contributed by atoms with Crippen molar-refractivity contribution < 1.29 is 4.74 Å². The molecule has 0 fully saturated rings. The fourth-order valence-electron chi connectivity index (χ4n) is 2.72. The largest absolute Gasteiger partial charge is 0.485 e. The summed E-state index contributed by atoms with van der Waals surface area (Å²) in [5, 5.41) is 3.31. The molecule has 0 spiro atoms. The summed E-state index contributed by atoms with van der Waals surface area (Å²) in [5.74, 6) is 2.17. The molecule has 1 heterocycles. The first-order chi connectivity index (χ1) is 12.2. The zero-order valence-corrected chi connectivity index (χ0v) is 14.7. The minimum Gasteiger partial charge on any atom is -0.485 e. The molecular formula is C22H24N2O. The lowest BCUT2D eigenvalue weighted by molar-refractivity contribution is 0.153. The molecule has 3 nitrogen and oxygen atoms in total. The molecule has 0 saturated carbocycles. The molecule has 3 heteroatoms. The van der Waals surface area contributed by atoms with Crippen LogP contribution in [0.25, 0.3) is 0 Å². The minimum atomic E-state index is 0.0543. The van der Waals surface area contributed by atoms with E-state index in [4.69, 9.17) is 4.74 Å². The Morgan fingerprint density at radius 1 is 0.880 bits per heavy atom. The van der Waals surface area contributed by atoms with Crippen LogP contribution in [0.3, 0.4) is 0 Å². The molecule has 1 unspecified atom stereocenters. The summed E-state index contributed by atoms with van der Waals surface area (Å²) in [4.78, 5) is 4.27. The number of rotatable bonds is 7. The summed E-state index contributed by atoms with van der Waals surface area (Å²) in [6.45, 7) is 5.11. The quantitative estimate of drug-likeness (QED) is 0.623. The Morgan fingerprint density at radius 3 is 2.24 bits per heavy atom. The standard InChI is InChI=1S/C22H24N2O/c1-17(2)22(19-8-4-3-5-9-19)25-20-13-11-18(12-14-20)16-24-21-10-6-7-15-23-21/h3-15,17,22H,16H2,1-2H3,(H,23,24). The van der Waals surface area contributed by atoms with E-state index < -0.39 is 0 Å². The normalized spacial score (nSPS) is 12.0. The van der Waals surface area contributed by atoms with Crippen molar-refractivity contribution in [3.8, 4) is 5.75 Å². The van der Waals surface area contributed by atoms with Crippen LogP contribution < -0.4 is 10.1 Å². The van der Waals surface area contributed by atoms with Crippen LogP contribution in [0.2, 0.25) is 0 Å². The number of nitrogens with one attached hydrogen (secondary N) is 1. The van der Waals surface area contributed by atoms with E-state index in [2.05, 4.69) is 60.5 Å². The summed E-state index contributed by atoms with van der Waals surface area (Å²) >= 11 is 0. The smallest absolute Gasteiger partial charge is 0.126 e. The predicted octanol–water partition coefficient (Wildman–Crippen LogP) is 5.47. The molecule has 3 rings (SSSR count). The fraction of sp³-hybridized carbons (Fsp3) is 0.227. The van der Waals surface area contributed by atoms with Crippen molar-refractivity contribution in [1.82, 2.24) is 4.98 Å². The van der Waals surface area contributed by atoms with Gasteiger partial charge in [0.1, 0.15) is 17.7 Å². The Labute approximate surface area is 149 Å². The molecule has 0 saturated heterocycles. The van der Waals surface area contributed by atoms with Crippen LogP contribution in [0.5, 0.6) is 5.75 Å². The molecular weight excluding hydrogens is 308 g/mol. The van der Waals surface area contributed by atoms with E-state index in [1.165, 1.54) is 11.1 Å². The maximum absolute atomic E-state index is 6.25. The Bertz CT molecular complexity index is 755. The second-order valence-corrected chi connectivity index (χ2v) is 6.41. The molecule has 1 atom stereocenters. The average molecular weight is 332 g/mol. The molecule has 0 bridgehead atoms. The summed E-state index contributed by atoms with van der Waals surface area (Å²) < 4.78 is 6.25. The highest BCUT2D eigenvalue weighted by atomic mass is 16.5. The molecule has 3 aromatic rings. The highest BCUT2D eigenvalue weighted by Gasteiger charge is 2.17. The average Bonchev–Trinajstić information content (AvgIpc) is 2.66. The van der Waals surface area contributed by atoms with Crippen LogP contribution in [-0.4, -0.2) is 4.98 Å². The van der Waals surface area contributed by atoms with Crippen LogP contribution in [-0.2, 0) is 6.54 Å². The van der Waals surface area contributed by atoms with Crippen molar-refractivity contribution in [2.24, 2.45) is 5.92 Å². The van der Waals surface area contributed by atoms with E-state index in [-0.39, 0.29) is 6.10 Å². The van der Waals surface area contributed by atoms with Crippen molar-refractivity contribution >= 4 is 5.82 Å². The third kappa shape index (κ3) is 4.83. The van der Waals surface area contributed by atoms with Crippen LogP contribution in [0, 0.1) is 5.92 Å². The first kappa shape index (κ1) is 17.0. The van der Waals surface area contributed by atoms with Crippen LogP contribution in [0.15, 0.2) is 79.0 Å². The zero-order chi connectivity index (χ0) is 17.5. The lowest BCUT2D eigenvalue weighted by atomic mass is 9.99. The van der Waals surface area contributed by atoms with E-state index in [0.29, 0.717) is 5.92 Å². The number of pyridine rings is 1. The van der Waals surface area contributed by atoms with Crippen molar-refractivity contribution in [1.29, 1.82) is 0 Å². The van der Waals surface area contributed by atoms with Gasteiger partial charge < -0.3 is 10.1 Å². The monoisotopic (exact) mass is 332 g/mol. The highest BCUT2D eigenvalue weighted by Crippen LogP contribution is 2.28. The van der Waals surface area contributed by atoms with Gasteiger partial charge in [-0.05, 0) is 41.3 Å². The summed E-state index contributed by atoms with van der Waals surface area (Å²) in [6.07, 6.45) is 1.84. The third-order valence-corrected chi connectivity index (χ3v) is 4.06.